The molecule has 4 nitrogen and oxygen atoms in total. The van der Waals surface area contributed by atoms with Gasteiger partial charge in [-0.1, -0.05) is 5.21 Å². The summed E-state index contributed by atoms with van der Waals surface area (Å²) in [5, 5.41) is 8.04. The summed E-state index contributed by atoms with van der Waals surface area (Å²) in [5.74, 6) is 0.668. The topological polar surface area (TPSA) is 39.9 Å². The molecule has 1 rings (SSSR count). The lowest BCUT2D eigenvalue weighted by atomic mass is 10.3. The number of nitrogens with zero attached hydrogens (tertiary/aromatic N) is 3. The van der Waals surface area contributed by atoms with E-state index in [0.717, 1.165) is 25.1 Å². The molecule has 0 amide bonds. The van der Waals surface area contributed by atoms with Crippen LogP contribution in [-0.2, 0) is 17.7 Å². The van der Waals surface area contributed by atoms with Crippen LogP contribution >= 0.6 is 11.6 Å². The summed E-state index contributed by atoms with van der Waals surface area (Å²) in [6, 6.07) is 0. The summed E-state index contributed by atoms with van der Waals surface area (Å²) in [6.07, 6.45) is 3.95. The predicted octanol–water partition coefficient (Wildman–Crippen LogP) is 1.48. The van der Waals surface area contributed by atoms with E-state index in [0.29, 0.717) is 5.88 Å². The maximum Gasteiger partial charge on any atom is 0.0827 e. The van der Waals surface area contributed by atoms with Crippen molar-refractivity contribution < 1.29 is 4.74 Å². The van der Waals surface area contributed by atoms with Gasteiger partial charge in [-0.2, -0.15) is 0 Å². The second kappa shape index (κ2) is 5.98. The first-order valence-electron chi connectivity index (χ1n) is 4.74. The third-order valence-electron chi connectivity index (χ3n) is 2.00. The smallest absolute Gasteiger partial charge is 0.0827 e. The van der Waals surface area contributed by atoms with Crippen LogP contribution in [0.25, 0.3) is 0 Å². The van der Waals surface area contributed by atoms with E-state index in [1.165, 1.54) is 0 Å². The van der Waals surface area contributed by atoms with Crippen molar-refractivity contribution in [2.45, 2.75) is 32.4 Å². The Labute approximate surface area is 89.2 Å². The zero-order valence-corrected chi connectivity index (χ0v) is 9.37. The molecule has 0 saturated heterocycles. The fourth-order valence-corrected chi connectivity index (χ4v) is 1.26. The highest BCUT2D eigenvalue weighted by Gasteiger charge is 2.04. The van der Waals surface area contributed by atoms with Crippen molar-refractivity contribution in [2.24, 2.45) is 0 Å². The minimum atomic E-state index is 0.164. The molecule has 1 aromatic heterocycles. The normalized spacial score (nSPS) is 13.1. The number of aryl methyl sites for hydroxylation is 1. The Morgan fingerprint density at radius 1 is 1.64 bits per heavy atom. The average molecular weight is 218 g/mol. The van der Waals surface area contributed by atoms with Crippen LogP contribution in [0.2, 0.25) is 0 Å². The van der Waals surface area contributed by atoms with E-state index < -0.39 is 0 Å². The average Bonchev–Trinajstić information content (AvgIpc) is 2.62. The molecule has 1 atom stereocenters. The minimum absolute atomic E-state index is 0.164. The standard InChI is InChI=1S/C9H16ClN3O/c1-8(14-2)6-13-7-9(11-12-13)4-3-5-10/h7-8H,3-6H2,1-2H3. The quantitative estimate of drug-likeness (QED) is 0.678. The van der Waals surface area contributed by atoms with Gasteiger partial charge in [0.2, 0.25) is 0 Å². The zero-order valence-electron chi connectivity index (χ0n) is 8.61. The van der Waals surface area contributed by atoms with Crippen molar-refractivity contribution in [3.8, 4) is 0 Å². The van der Waals surface area contributed by atoms with Crippen molar-refractivity contribution in [1.29, 1.82) is 0 Å². The van der Waals surface area contributed by atoms with Gasteiger partial charge in [0.05, 0.1) is 18.3 Å². The summed E-state index contributed by atoms with van der Waals surface area (Å²) in [5.41, 5.74) is 0.994. The maximum absolute atomic E-state index is 5.59. The molecule has 0 spiro atoms. The number of rotatable bonds is 6. The van der Waals surface area contributed by atoms with E-state index in [-0.39, 0.29) is 6.10 Å². The molecule has 80 valence electrons. The molecule has 0 radical (unpaired) electrons. The summed E-state index contributed by atoms with van der Waals surface area (Å²) < 4.78 is 6.94. The molecule has 0 aliphatic heterocycles. The highest BCUT2D eigenvalue weighted by Crippen LogP contribution is 2.01. The van der Waals surface area contributed by atoms with E-state index >= 15 is 0 Å². The highest BCUT2D eigenvalue weighted by atomic mass is 35.5. The molecule has 1 unspecified atom stereocenters. The molecule has 14 heavy (non-hydrogen) atoms. The summed E-state index contributed by atoms with van der Waals surface area (Å²) in [4.78, 5) is 0. The predicted molar refractivity (Wildman–Crippen MR) is 55.5 cm³/mol. The van der Waals surface area contributed by atoms with Gasteiger partial charge in [-0.05, 0) is 19.8 Å². The van der Waals surface area contributed by atoms with Crippen molar-refractivity contribution in [3.05, 3.63) is 11.9 Å². The molecule has 1 heterocycles. The second-order valence-electron chi connectivity index (χ2n) is 3.27. The lowest BCUT2D eigenvalue weighted by Gasteiger charge is -2.07. The minimum Gasteiger partial charge on any atom is -0.380 e. The van der Waals surface area contributed by atoms with Crippen LogP contribution in [0, 0.1) is 0 Å². The van der Waals surface area contributed by atoms with Crippen molar-refractivity contribution in [2.75, 3.05) is 13.0 Å². The van der Waals surface area contributed by atoms with E-state index in [1.807, 2.05) is 13.1 Å². The van der Waals surface area contributed by atoms with Gasteiger partial charge in [0.15, 0.2) is 0 Å². The Bertz CT molecular complexity index is 264. The van der Waals surface area contributed by atoms with Crippen molar-refractivity contribution in [1.82, 2.24) is 15.0 Å². The zero-order chi connectivity index (χ0) is 10.4. The largest absolute Gasteiger partial charge is 0.380 e. The molecule has 0 aliphatic carbocycles. The number of methoxy groups -OCH3 is 1. The Balaban J connectivity index is 2.42. The van der Waals surface area contributed by atoms with Gasteiger partial charge < -0.3 is 4.74 Å². The summed E-state index contributed by atoms with van der Waals surface area (Å²) in [6.45, 7) is 2.74. The van der Waals surface area contributed by atoms with E-state index in [9.17, 15) is 0 Å². The monoisotopic (exact) mass is 217 g/mol. The van der Waals surface area contributed by atoms with Gasteiger partial charge in [-0.25, -0.2) is 4.68 Å². The SMILES string of the molecule is COC(C)Cn1cc(CCCCl)nn1. The molecule has 0 bridgehead atoms. The number of halogens is 1. The molecule has 0 fully saturated rings. The molecule has 0 aromatic carbocycles. The fraction of sp³-hybridized carbons (Fsp3) is 0.778. The first-order chi connectivity index (χ1) is 6.76. The number of hydrogen-bond donors (Lipinski definition) is 0. The first-order valence-corrected chi connectivity index (χ1v) is 5.27. The Hall–Kier alpha value is -0.610. The number of hydrogen-bond acceptors (Lipinski definition) is 3. The molecule has 0 aliphatic rings. The first kappa shape index (κ1) is 11.5. The number of ether oxygens (including phenoxy) is 1. The Kier molecular flexibility index (Phi) is 4.90. The van der Waals surface area contributed by atoms with Gasteiger partial charge in [-0.3, -0.25) is 0 Å². The fourth-order valence-electron chi connectivity index (χ4n) is 1.13. The third kappa shape index (κ3) is 3.64. The van der Waals surface area contributed by atoms with Crippen molar-refractivity contribution in [3.63, 3.8) is 0 Å². The third-order valence-corrected chi connectivity index (χ3v) is 2.27. The highest BCUT2D eigenvalue weighted by molar-refractivity contribution is 6.17. The van der Waals surface area contributed by atoms with Gasteiger partial charge in [0.1, 0.15) is 0 Å². The van der Waals surface area contributed by atoms with Crippen LogP contribution in [0.15, 0.2) is 6.20 Å². The molecular weight excluding hydrogens is 202 g/mol. The number of alkyl halides is 1. The van der Waals surface area contributed by atoms with Gasteiger partial charge in [0.25, 0.3) is 0 Å². The maximum atomic E-state index is 5.59. The van der Waals surface area contributed by atoms with Gasteiger partial charge >= 0.3 is 0 Å². The second-order valence-corrected chi connectivity index (χ2v) is 3.65. The number of aromatic nitrogens is 3. The molecule has 0 N–H and O–H groups in total. The van der Waals surface area contributed by atoms with E-state index in [4.69, 9.17) is 16.3 Å². The van der Waals surface area contributed by atoms with Crippen LogP contribution in [0.5, 0.6) is 0 Å². The molecule has 0 saturated carbocycles. The van der Waals surface area contributed by atoms with Crippen molar-refractivity contribution >= 4 is 11.6 Å². The van der Waals surface area contributed by atoms with E-state index in [1.54, 1.807) is 11.8 Å². The summed E-state index contributed by atoms with van der Waals surface area (Å²) in [7, 11) is 1.69. The molecule has 1 aromatic rings. The van der Waals surface area contributed by atoms with Crippen LogP contribution < -0.4 is 0 Å². The lowest BCUT2D eigenvalue weighted by molar-refractivity contribution is 0.0993. The molecular formula is C9H16ClN3O. The summed E-state index contributed by atoms with van der Waals surface area (Å²) >= 11 is 5.59. The van der Waals surface area contributed by atoms with E-state index in [2.05, 4.69) is 10.3 Å². The van der Waals surface area contributed by atoms with Crippen LogP contribution in [0.3, 0.4) is 0 Å². The van der Waals surface area contributed by atoms with Gasteiger partial charge in [-0.15, -0.1) is 16.7 Å². The van der Waals surface area contributed by atoms with Crippen LogP contribution in [0.4, 0.5) is 0 Å². The van der Waals surface area contributed by atoms with Crippen LogP contribution in [0.1, 0.15) is 19.0 Å². The Morgan fingerprint density at radius 3 is 3.07 bits per heavy atom. The van der Waals surface area contributed by atoms with Gasteiger partial charge in [0, 0.05) is 19.2 Å². The lowest BCUT2D eigenvalue weighted by Crippen LogP contribution is -2.14. The van der Waals surface area contributed by atoms with Crippen LogP contribution in [-0.4, -0.2) is 34.1 Å². The molecule has 5 heteroatoms. The Morgan fingerprint density at radius 2 is 2.43 bits per heavy atom.